The van der Waals surface area contributed by atoms with Crippen molar-refractivity contribution in [1.82, 2.24) is 14.8 Å². The number of halogens is 1. The Labute approximate surface area is 115 Å². The van der Waals surface area contributed by atoms with Crippen molar-refractivity contribution in [2.45, 2.75) is 6.42 Å². The average Bonchev–Trinajstić information content (AvgIpc) is 2.96. The molecular formula is C13H11ClN4O. The van der Waals surface area contributed by atoms with Crippen LogP contribution in [0.1, 0.15) is 6.42 Å². The smallest absolute Gasteiger partial charge is 0.253 e. The fourth-order valence-corrected chi connectivity index (χ4v) is 2.25. The Morgan fingerprint density at radius 3 is 2.89 bits per heavy atom. The minimum absolute atomic E-state index is 0.0902. The van der Waals surface area contributed by atoms with E-state index in [9.17, 15) is 4.79 Å². The lowest BCUT2D eigenvalue weighted by Crippen LogP contribution is -2.24. The van der Waals surface area contributed by atoms with Crippen molar-refractivity contribution in [1.29, 1.82) is 0 Å². The molecule has 0 atom stereocenters. The van der Waals surface area contributed by atoms with Gasteiger partial charge in [0.15, 0.2) is 5.15 Å². The predicted molar refractivity (Wildman–Crippen MR) is 72.5 cm³/mol. The first-order chi connectivity index (χ1) is 9.16. The molecule has 96 valence electrons. The van der Waals surface area contributed by atoms with Gasteiger partial charge in [-0.2, -0.15) is 5.10 Å². The maximum atomic E-state index is 11.9. The molecule has 0 radical (unpaired) electrons. The number of hydrogen-bond acceptors (Lipinski definition) is 3. The number of nitrogens with zero attached hydrogens (tertiary/aromatic N) is 4. The van der Waals surface area contributed by atoms with Crippen molar-refractivity contribution in [3.05, 3.63) is 48.0 Å². The summed E-state index contributed by atoms with van der Waals surface area (Å²) in [6.45, 7) is 4.33. The quantitative estimate of drug-likeness (QED) is 0.789. The summed E-state index contributed by atoms with van der Waals surface area (Å²) in [6, 6.07) is 3.68. The summed E-state index contributed by atoms with van der Waals surface area (Å²) in [6.07, 6.45) is 5.75. The highest BCUT2D eigenvalue weighted by atomic mass is 35.5. The molecule has 1 aliphatic rings. The predicted octanol–water partition coefficient (Wildman–Crippen LogP) is 2.21. The zero-order valence-electron chi connectivity index (χ0n) is 10.1. The van der Waals surface area contributed by atoms with E-state index >= 15 is 0 Å². The summed E-state index contributed by atoms with van der Waals surface area (Å²) in [4.78, 5) is 17.5. The SMILES string of the molecule is C=C1CCN(c2cn(-c3cccnc3)nc2Cl)C1=O. The molecular weight excluding hydrogens is 264 g/mol. The van der Waals surface area contributed by atoms with Crippen LogP contribution in [0.3, 0.4) is 0 Å². The van der Waals surface area contributed by atoms with Gasteiger partial charge >= 0.3 is 0 Å². The third-order valence-electron chi connectivity index (χ3n) is 3.04. The van der Waals surface area contributed by atoms with E-state index in [1.807, 2.05) is 12.1 Å². The summed E-state index contributed by atoms with van der Waals surface area (Å²) >= 11 is 6.11. The number of hydrogen-bond donors (Lipinski definition) is 0. The Hall–Kier alpha value is -2.14. The molecule has 2 aromatic heterocycles. The summed E-state index contributed by atoms with van der Waals surface area (Å²) in [5.74, 6) is -0.0902. The molecule has 2 aromatic rings. The first kappa shape index (κ1) is 11.9. The molecule has 0 spiro atoms. The van der Waals surface area contributed by atoms with Gasteiger partial charge in [0.1, 0.15) is 5.69 Å². The van der Waals surface area contributed by atoms with Crippen LogP contribution in [0, 0.1) is 0 Å². The van der Waals surface area contributed by atoms with E-state index < -0.39 is 0 Å². The van der Waals surface area contributed by atoms with Crippen LogP contribution in [-0.4, -0.2) is 27.2 Å². The van der Waals surface area contributed by atoms with Crippen LogP contribution >= 0.6 is 11.6 Å². The Morgan fingerprint density at radius 2 is 2.26 bits per heavy atom. The van der Waals surface area contributed by atoms with Gasteiger partial charge in [-0.15, -0.1) is 0 Å². The van der Waals surface area contributed by atoms with Gasteiger partial charge in [-0.05, 0) is 18.6 Å². The largest absolute Gasteiger partial charge is 0.304 e. The first-order valence-electron chi connectivity index (χ1n) is 5.82. The molecule has 0 aliphatic carbocycles. The lowest BCUT2D eigenvalue weighted by atomic mass is 10.3. The molecule has 3 rings (SSSR count). The van der Waals surface area contributed by atoms with E-state index in [1.54, 1.807) is 28.2 Å². The normalized spacial score (nSPS) is 15.3. The molecule has 19 heavy (non-hydrogen) atoms. The Bertz CT molecular complexity index is 650. The molecule has 0 N–H and O–H groups in total. The van der Waals surface area contributed by atoms with E-state index in [4.69, 9.17) is 11.6 Å². The Kier molecular flexibility index (Phi) is 2.83. The number of rotatable bonds is 2. The molecule has 6 heteroatoms. The molecule has 1 aliphatic heterocycles. The van der Waals surface area contributed by atoms with Gasteiger partial charge in [0, 0.05) is 18.3 Å². The number of pyridine rings is 1. The zero-order chi connectivity index (χ0) is 13.4. The lowest BCUT2D eigenvalue weighted by Gasteiger charge is -2.12. The number of anilines is 1. The second-order valence-corrected chi connectivity index (χ2v) is 4.63. The maximum absolute atomic E-state index is 11.9. The summed E-state index contributed by atoms with van der Waals surface area (Å²) in [5, 5.41) is 4.50. The average molecular weight is 275 g/mol. The lowest BCUT2D eigenvalue weighted by molar-refractivity contribution is -0.114. The molecule has 0 aromatic carbocycles. The molecule has 3 heterocycles. The van der Waals surface area contributed by atoms with Crippen LogP contribution in [0.2, 0.25) is 5.15 Å². The fourth-order valence-electron chi connectivity index (χ4n) is 2.02. The van der Waals surface area contributed by atoms with Gasteiger partial charge in [-0.3, -0.25) is 9.78 Å². The number of carbonyl (C=O) groups excluding carboxylic acids is 1. The van der Waals surface area contributed by atoms with Gasteiger partial charge in [0.05, 0.1) is 18.1 Å². The second kappa shape index (κ2) is 4.51. The van der Waals surface area contributed by atoms with Gasteiger partial charge in [0.2, 0.25) is 0 Å². The summed E-state index contributed by atoms with van der Waals surface area (Å²) < 4.78 is 1.61. The van der Waals surface area contributed by atoms with Crippen LogP contribution in [-0.2, 0) is 4.79 Å². The van der Waals surface area contributed by atoms with Crippen molar-refractivity contribution in [3.8, 4) is 5.69 Å². The van der Waals surface area contributed by atoms with Crippen LogP contribution in [0.25, 0.3) is 5.69 Å². The third kappa shape index (κ3) is 2.02. The fraction of sp³-hybridized carbons (Fsp3) is 0.154. The first-order valence-corrected chi connectivity index (χ1v) is 6.20. The Balaban J connectivity index is 1.99. The zero-order valence-corrected chi connectivity index (χ0v) is 10.8. The molecule has 0 bridgehead atoms. The maximum Gasteiger partial charge on any atom is 0.253 e. The van der Waals surface area contributed by atoms with Crippen LogP contribution in [0.5, 0.6) is 0 Å². The number of aromatic nitrogens is 3. The van der Waals surface area contributed by atoms with Crippen LogP contribution in [0.15, 0.2) is 42.9 Å². The summed E-state index contributed by atoms with van der Waals surface area (Å²) in [5.41, 5.74) is 2.00. The van der Waals surface area contributed by atoms with Gasteiger partial charge in [-0.1, -0.05) is 18.2 Å². The standard InChI is InChI=1S/C13H11ClN4O/c1-9-4-6-17(13(9)19)11-8-18(16-12(11)14)10-3-2-5-15-7-10/h2-3,5,7-8H,1,4,6H2. The molecule has 0 saturated carbocycles. The van der Waals surface area contributed by atoms with Gasteiger partial charge < -0.3 is 4.90 Å². The van der Waals surface area contributed by atoms with Crippen molar-refractivity contribution in [2.24, 2.45) is 0 Å². The van der Waals surface area contributed by atoms with Crippen LogP contribution in [0.4, 0.5) is 5.69 Å². The molecule has 1 fully saturated rings. The number of amides is 1. The molecule has 0 unspecified atom stereocenters. The number of carbonyl (C=O) groups is 1. The Morgan fingerprint density at radius 1 is 1.42 bits per heavy atom. The monoisotopic (exact) mass is 274 g/mol. The molecule has 1 amide bonds. The van der Waals surface area contributed by atoms with Gasteiger partial charge in [-0.25, -0.2) is 4.68 Å². The van der Waals surface area contributed by atoms with E-state index in [2.05, 4.69) is 16.7 Å². The van der Waals surface area contributed by atoms with E-state index in [0.29, 0.717) is 29.4 Å². The van der Waals surface area contributed by atoms with E-state index in [0.717, 1.165) is 5.69 Å². The highest BCUT2D eigenvalue weighted by Crippen LogP contribution is 2.30. The van der Waals surface area contributed by atoms with Crippen molar-refractivity contribution in [2.75, 3.05) is 11.4 Å². The minimum atomic E-state index is -0.0902. The van der Waals surface area contributed by atoms with Gasteiger partial charge in [0.25, 0.3) is 5.91 Å². The van der Waals surface area contributed by atoms with Crippen LogP contribution < -0.4 is 4.90 Å². The third-order valence-corrected chi connectivity index (χ3v) is 3.31. The van der Waals surface area contributed by atoms with E-state index in [1.165, 1.54) is 0 Å². The highest BCUT2D eigenvalue weighted by molar-refractivity contribution is 6.33. The van der Waals surface area contributed by atoms with Crippen molar-refractivity contribution in [3.63, 3.8) is 0 Å². The molecule has 5 nitrogen and oxygen atoms in total. The molecule has 1 saturated heterocycles. The highest BCUT2D eigenvalue weighted by Gasteiger charge is 2.28. The second-order valence-electron chi connectivity index (χ2n) is 4.27. The summed E-state index contributed by atoms with van der Waals surface area (Å²) in [7, 11) is 0. The van der Waals surface area contributed by atoms with E-state index in [-0.39, 0.29) is 5.91 Å². The van der Waals surface area contributed by atoms with Crippen molar-refractivity contribution >= 4 is 23.2 Å². The minimum Gasteiger partial charge on any atom is -0.304 e. The topological polar surface area (TPSA) is 51.0 Å². The van der Waals surface area contributed by atoms with Crippen molar-refractivity contribution < 1.29 is 4.79 Å².